The Morgan fingerprint density at radius 3 is 2.95 bits per heavy atom. The van der Waals surface area contributed by atoms with Crippen LogP contribution in [0.25, 0.3) is 11.2 Å². The predicted molar refractivity (Wildman–Crippen MR) is 72.2 cm³/mol. The number of benzene rings is 1. The first kappa shape index (κ1) is 11.7. The number of oxazole rings is 1. The van der Waals surface area contributed by atoms with Crippen LogP contribution in [0, 0.1) is 0 Å². The minimum atomic E-state index is 0.670. The number of nitrogens with zero attached hydrogens (tertiary/aromatic N) is 2. The van der Waals surface area contributed by atoms with Crippen LogP contribution in [-0.4, -0.2) is 17.1 Å². The summed E-state index contributed by atoms with van der Waals surface area (Å²) in [5.41, 5.74) is 2.61. The lowest BCUT2D eigenvalue weighted by Gasteiger charge is -2.02. The highest BCUT2D eigenvalue weighted by molar-refractivity contribution is 5.66. The van der Waals surface area contributed by atoms with Crippen molar-refractivity contribution < 1.29 is 9.15 Å². The van der Waals surface area contributed by atoms with E-state index in [2.05, 4.69) is 16.0 Å². The second-order valence-electron chi connectivity index (χ2n) is 4.28. The highest BCUT2D eigenvalue weighted by atomic mass is 16.5. The summed E-state index contributed by atoms with van der Waals surface area (Å²) in [6, 6.07) is 11.8. The molecule has 0 radical (unpaired) electrons. The molecule has 96 valence electrons. The normalized spacial score (nSPS) is 10.8. The van der Waals surface area contributed by atoms with Gasteiger partial charge in [-0.05, 0) is 36.2 Å². The van der Waals surface area contributed by atoms with Crippen molar-refractivity contribution in [1.82, 2.24) is 9.97 Å². The van der Waals surface area contributed by atoms with Crippen LogP contribution in [0.4, 0.5) is 0 Å². The summed E-state index contributed by atoms with van der Waals surface area (Å²) in [4.78, 5) is 8.52. The van der Waals surface area contributed by atoms with E-state index in [1.165, 1.54) is 5.56 Å². The van der Waals surface area contributed by atoms with Crippen LogP contribution in [0.1, 0.15) is 11.5 Å². The Hall–Kier alpha value is -2.36. The van der Waals surface area contributed by atoms with Gasteiger partial charge < -0.3 is 9.15 Å². The summed E-state index contributed by atoms with van der Waals surface area (Å²) < 4.78 is 10.8. The molecule has 0 saturated carbocycles. The maximum absolute atomic E-state index is 5.64. The number of aromatic nitrogens is 2. The third-order valence-corrected chi connectivity index (χ3v) is 2.97. The lowest BCUT2D eigenvalue weighted by Crippen LogP contribution is -1.92. The third-order valence-electron chi connectivity index (χ3n) is 2.97. The first-order valence-corrected chi connectivity index (χ1v) is 6.18. The van der Waals surface area contributed by atoms with E-state index in [1.807, 2.05) is 30.3 Å². The van der Waals surface area contributed by atoms with Crippen molar-refractivity contribution in [2.45, 2.75) is 12.8 Å². The molecule has 0 N–H and O–H groups in total. The fraction of sp³-hybridized carbons (Fsp3) is 0.200. The van der Waals surface area contributed by atoms with Crippen molar-refractivity contribution in [3.8, 4) is 5.75 Å². The molecule has 0 atom stereocenters. The molecule has 3 aromatic rings. The first-order valence-electron chi connectivity index (χ1n) is 6.18. The van der Waals surface area contributed by atoms with E-state index in [4.69, 9.17) is 9.15 Å². The molecule has 0 bridgehead atoms. The topological polar surface area (TPSA) is 48.2 Å². The van der Waals surface area contributed by atoms with E-state index in [9.17, 15) is 0 Å². The average Bonchev–Trinajstić information content (AvgIpc) is 2.88. The van der Waals surface area contributed by atoms with E-state index < -0.39 is 0 Å². The van der Waals surface area contributed by atoms with Crippen molar-refractivity contribution in [3.63, 3.8) is 0 Å². The summed E-state index contributed by atoms with van der Waals surface area (Å²) in [6.07, 6.45) is 3.34. The maximum atomic E-state index is 5.64. The number of hydrogen-bond donors (Lipinski definition) is 0. The number of pyridine rings is 1. The Morgan fingerprint density at radius 2 is 2.11 bits per heavy atom. The van der Waals surface area contributed by atoms with Crippen LogP contribution in [0.2, 0.25) is 0 Å². The fourth-order valence-electron chi connectivity index (χ4n) is 2.00. The molecule has 0 fully saturated rings. The molecule has 19 heavy (non-hydrogen) atoms. The number of ether oxygens (including phenoxy) is 1. The average molecular weight is 254 g/mol. The monoisotopic (exact) mass is 254 g/mol. The summed E-state index contributed by atoms with van der Waals surface area (Å²) in [6.45, 7) is 0. The van der Waals surface area contributed by atoms with E-state index in [-0.39, 0.29) is 0 Å². The molecule has 0 aliphatic heterocycles. The lowest BCUT2D eigenvalue weighted by molar-refractivity contribution is 0.414. The van der Waals surface area contributed by atoms with Gasteiger partial charge in [0.25, 0.3) is 0 Å². The molecule has 0 saturated heterocycles. The van der Waals surface area contributed by atoms with Crippen molar-refractivity contribution in [1.29, 1.82) is 0 Å². The van der Waals surface area contributed by atoms with Gasteiger partial charge in [0.15, 0.2) is 17.1 Å². The van der Waals surface area contributed by atoms with Gasteiger partial charge >= 0.3 is 0 Å². The molecule has 1 aromatic carbocycles. The molecule has 3 rings (SSSR count). The number of aryl methyl sites for hydroxylation is 2. The second kappa shape index (κ2) is 5.10. The van der Waals surface area contributed by atoms with Gasteiger partial charge in [-0.15, -0.1) is 0 Å². The predicted octanol–water partition coefficient (Wildman–Crippen LogP) is 3.02. The Kier molecular flexibility index (Phi) is 3.14. The summed E-state index contributed by atoms with van der Waals surface area (Å²) in [5, 5.41) is 0. The van der Waals surface area contributed by atoms with Crippen molar-refractivity contribution in [2.75, 3.05) is 7.11 Å². The van der Waals surface area contributed by atoms with Crippen LogP contribution in [0.3, 0.4) is 0 Å². The SMILES string of the molecule is COc1cccc(CCc2nc3ncccc3o2)c1. The third kappa shape index (κ3) is 2.57. The Bertz CT molecular complexity index is 658. The van der Waals surface area contributed by atoms with Gasteiger partial charge in [0.2, 0.25) is 0 Å². The van der Waals surface area contributed by atoms with Crippen LogP contribution < -0.4 is 4.74 Å². The van der Waals surface area contributed by atoms with E-state index in [0.717, 1.165) is 30.1 Å². The molecule has 0 amide bonds. The molecule has 4 heteroatoms. The van der Waals surface area contributed by atoms with Crippen molar-refractivity contribution in [3.05, 3.63) is 54.0 Å². The standard InChI is InChI=1S/C15H14N2O2/c1-18-12-5-2-4-11(10-12)7-8-14-17-15-13(19-14)6-3-9-16-15/h2-6,9-10H,7-8H2,1H3. The van der Waals surface area contributed by atoms with E-state index in [1.54, 1.807) is 13.3 Å². The zero-order chi connectivity index (χ0) is 13.1. The van der Waals surface area contributed by atoms with Gasteiger partial charge in [0.1, 0.15) is 5.75 Å². The number of methoxy groups -OCH3 is 1. The summed E-state index contributed by atoms with van der Waals surface area (Å²) >= 11 is 0. The van der Waals surface area contributed by atoms with Gasteiger partial charge in [-0.2, -0.15) is 4.98 Å². The molecule has 0 aliphatic carbocycles. The molecular weight excluding hydrogens is 240 g/mol. The molecule has 2 heterocycles. The number of hydrogen-bond acceptors (Lipinski definition) is 4. The van der Waals surface area contributed by atoms with Crippen LogP contribution in [-0.2, 0) is 12.8 Å². The summed E-state index contributed by atoms with van der Waals surface area (Å²) in [5.74, 6) is 1.59. The van der Waals surface area contributed by atoms with Gasteiger partial charge in [-0.25, -0.2) is 4.98 Å². The molecule has 2 aromatic heterocycles. The quantitative estimate of drug-likeness (QED) is 0.718. The fourth-order valence-corrected chi connectivity index (χ4v) is 2.00. The molecule has 0 aliphatic rings. The summed E-state index contributed by atoms with van der Waals surface area (Å²) in [7, 11) is 1.67. The zero-order valence-corrected chi connectivity index (χ0v) is 10.7. The van der Waals surface area contributed by atoms with E-state index >= 15 is 0 Å². The Labute approximate surface area is 111 Å². The molecule has 4 nitrogen and oxygen atoms in total. The van der Waals surface area contributed by atoms with Crippen LogP contribution >= 0.6 is 0 Å². The maximum Gasteiger partial charge on any atom is 0.198 e. The number of fused-ring (bicyclic) bond motifs is 1. The lowest BCUT2D eigenvalue weighted by atomic mass is 10.1. The van der Waals surface area contributed by atoms with Crippen molar-refractivity contribution >= 4 is 11.2 Å². The highest BCUT2D eigenvalue weighted by Gasteiger charge is 2.06. The minimum absolute atomic E-state index is 0.670. The highest BCUT2D eigenvalue weighted by Crippen LogP contribution is 2.17. The van der Waals surface area contributed by atoms with Gasteiger partial charge in [0, 0.05) is 12.6 Å². The smallest absolute Gasteiger partial charge is 0.198 e. The van der Waals surface area contributed by atoms with E-state index in [0.29, 0.717) is 5.65 Å². The van der Waals surface area contributed by atoms with Gasteiger partial charge in [-0.1, -0.05) is 12.1 Å². The Balaban J connectivity index is 1.74. The van der Waals surface area contributed by atoms with Crippen molar-refractivity contribution in [2.24, 2.45) is 0 Å². The van der Waals surface area contributed by atoms with Gasteiger partial charge in [-0.3, -0.25) is 0 Å². The Morgan fingerprint density at radius 1 is 1.16 bits per heavy atom. The van der Waals surface area contributed by atoms with Gasteiger partial charge in [0.05, 0.1) is 7.11 Å². The molecular formula is C15H14N2O2. The van der Waals surface area contributed by atoms with Crippen LogP contribution in [0.5, 0.6) is 5.75 Å². The molecule has 0 spiro atoms. The second-order valence-corrected chi connectivity index (χ2v) is 4.28. The first-order chi connectivity index (χ1) is 9.35. The zero-order valence-electron chi connectivity index (χ0n) is 10.7. The minimum Gasteiger partial charge on any atom is -0.497 e. The largest absolute Gasteiger partial charge is 0.497 e. The number of rotatable bonds is 4. The molecule has 0 unspecified atom stereocenters. The van der Waals surface area contributed by atoms with Crippen LogP contribution in [0.15, 0.2) is 47.0 Å².